The fourth-order valence-electron chi connectivity index (χ4n) is 9.88. The Hall–Kier alpha value is -6.07. The number of esters is 1. The van der Waals surface area contributed by atoms with Crippen molar-refractivity contribution in [3.8, 4) is 22.4 Å². The smallest absolute Gasteiger partial charge is 0.394 e. The van der Waals surface area contributed by atoms with E-state index in [-0.39, 0.29) is 45.2 Å². The molecule has 1 unspecified atom stereocenters. The number of amides is 4. The topological polar surface area (TPSA) is 155 Å². The molecule has 0 spiro atoms. The molecular weight excluding hydrogens is 880 g/mol. The number of pyridine rings is 1. The van der Waals surface area contributed by atoms with Gasteiger partial charge in [0.25, 0.3) is 5.91 Å². The van der Waals surface area contributed by atoms with Gasteiger partial charge in [-0.25, -0.2) is 5.43 Å². The number of fused-ring (bicyclic) bond motifs is 6. The standard InChI is InChI=1S/C51H62F3N7O7/c1-9-42(62)59-23-20-35(28-59)47(64)58(7)44(30(3)51(52,53)54)46(63)56-40-25-32-14-11-15-33(24-32)34-18-19-41-37(26-34)38(45(60(41)10-2)36-16-12-21-55-43(36)31(4)67-8)27-50(5,6)29-68-49(66)39-17-13-22-61(57-39)48(40)65/h9,11-12,14-16,18-19,21,24,26,30-31,35,39-40,44,57H,1,10,13,17,20,22-23,25,27-29H2,2-8H3,(H,56,63)/t30-,31-,35-,39?,40-,44-/m0/s1. The molecule has 364 valence electrons. The summed E-state index contributed by atoms with van der Waals surface area (Å²) in [5, 5.41) is 4.84. The molecule has 0 saturated carbocycles. The van der Waals surface area contributed by atoms with E-state index in [2.05, 4.69) is 40.9 Å². The highest BCUT2D eigenvalue weighted by Crippen LogP contribution is 2.42. The number of alkyl halides is 3. The van der Waals surface area contributed by atoms with Crippen molar-refractivity contribution in [2.75, 3.05) is 40.4 Å². The molecule has 0 aliphatic carbocycles. The summed E-state index contributed by atoms with van der Waals surface area (Å²) in [6.07, 6.45) is -1.06. The molecule has 7 rings (SSSR count). The van der Waals surface area contributed by atoms with Gasteiger partial charge in [0.05, 0.1) is 35.9 Å². The van der Waals surface area contributed by atoms with Gasteiger partial charge in [-0.15, -0.1) is 0 Å². The second kappa shape index (κ2) is 20.3. The van der Waals surface area contributed by atoms with Crippen LogP contribution in [0.2, 0.25) is 0 Å². The third kappa shape index (κ3) is 10.3. The first-order valence-electron chi connectivity index (χ1n) is 23.3. The summed E-state index contributed by atoms with van der Waals surface area (Å²) < 4.78 is 58.0. The van der Waals surface area contributed by atoms with E-state index in [1.807, 2.05) is 57.2 Å². The van der Waals surface area contributed by atoms with Crippen molar-refractivity contribution in [1.29, 1.82) is 0 Å². The number of ether oxygens (including phenoxy) is 2. The number of aromatic nitrogens is 2. The van der Waals surface area contributed by atoms with Crippen LogP contribution in [0.15, 0.2) is 73.4 Å². The Bertz CT molecular complexity index is 2580. The van der Waals surface area contributed by atoms with Gasteiger partial charge in [0, 0.05) is 74.8 Å². The highest BCUT2D eigenvalue weighted by molar-refractivity contribution is 5.96. The molecule has 3 aliphatic rings. The van der Waals surface area contributed by atoms with Crippen molar-refractivity contribution in [2.45, 2.75) is 104 Å². The third-order valence-electron chi connectivity index (χ3n) is 13.7. The van der Waals surface area contributed by atoms with Gasteiger partial charge in [0.2, 0.25) is 17.7 Å². The lowest BCUT2D eigenvalue weighted by Crippen LogP contribution is -2.63. The number of halogens is 3. The maximum absolute atomic E-state index is 14.7. The van der Waals surface area contributed by atoms with Crippen LogP contribution < -0.4 is 10.7 Å². The zero-order chi connectivity index (χ0) is 49.2. The lowest BCUT2D eigenvalue weighted by molar-refractivity contribution is -0.190. The maximum Gasteiger partial charge on any atom is 0.394 e. The first-order valence-corrected chi connectivity index (χ1v) is 23.3. The second-order valence-corrected chi connectivity index (χ2v) is 19.0. The van der Waals surface area contributed by atoms with Gasteiger partial charge in [-0.05, 0) is 92.1 Å². The summed E-state index contributed by atoms with van der Waals surface area (Å²) in [5.74, 6) is -6.78. The van der Waals surface area contributed by atoms with E-state index in [1.54, 1.807) is 19.4 Å². The molecule has 0 radical (unpaired) electrons. The summed E-state index contributed by atoms with van der Waals surface area (Å²) in [5.41, 5.74) is 9.37. The average molecular weight is 942 g/mol. The van der Waals surface area contributed by atoms with Crippen molar-refractivity contribution in [1.82, 2.24) is 35.1 Å². The van der Waals surface area contributed by atoms with Gasteiger partial charge in [-0.2, -0.15) is 13.2 Å². The summed E-state index contributed by atoms with van der Waals surface area (Å²) in [6.45, 7) is 13.4. The molecule has 17 heteroatoms. The van der Waals surface area contributed by atoms with E-state index in [0.717, 1.165) is 69.5 Å². The molecule has 2 N–H and O–H groups in total. The van der Waals surface area contributed by atoms with Gasteiger partial charge in [-0.1, -0.05) is 57.7 Å². The van der Waals surface area contributed by atoms with Crippen molar-refractivity contribution >= 4 is 40.5 Å². The SMILES string of the molecule is C=CC(=O)N1CC[C@H](C(=O)N(C)[C@H](C(=O)N[C@H]2Cc3cccc(c3)-c3ccc4c(c3)c(c(-c3cccnc3[C@H](C)OC)n4CC)CC(C)(C)COC(=O)C3CCCN(N3)C2=O)[C@H](C)C(F)(F)F)C1. The zero-order valence-electron chi connectivity index (χ0n) is 39.8. The predicted molar refractivity (Wildman–Crippen MR) is 250 cm³/mol. The molecule has 68 heavy (non-hydrogen) atoms. The van der Waals surface area contributed by atoms with Crippen molar-refractivity contribution < 1.29 is 46.6 Å². The Morgan fingerprint density at radius 1 is 1.07 bits per heavy atom. The van der Waals surface area contributed by atoms with Crippen LogP contribution in [0.1, 0.15) is 76.8 Å². The molecule has 14 nitrogen and oxygen atoms in total. The molecule has 5 heterocycles. The minimum Gasteiger partial charge on any atom is -0.464 e. The first kappa shape index (κ1) is 49.8. The number of rotatable bonds is 10. The number of cyclic esters (lactones) is 1. The zero-order valence-corrected chi connectivity index (χ0v) is 39.8. The van der Waals surface area contributed by atoms with Crippen LogP contribution in [-0.4, -0.2) is 119 Å². The number of nitrogens with one attached hydrogen (secondary N) is 2. The number of hydrazine groups is 1. The van der Waals surface area contributed by atoms with Gasteiger partial charge < -0.3 is 29.2 Å². The minimum absolute atomic E-state index is 0.0408. The lowest BCUT2D eigenvalue weighted by Gasteiger charge is -2.37. The van der Waals surface area contributed by atoms with Crippen LogP contribution >= 0.6 is 0 Å². The van der Waals surface area contributed by atoms with Crippen LogP contribution in [0.4, 0.5) is 13.2 Å². The number of carbonyl (C=O) groups excluding carboxylic acids is 5. The number of nitrogens with zero attached hydrogens (tertiary/aromatic N) is 5. The Balaban J connectivity index is 1.31. The highest BCUT2D eigenvalue weighted by Gasteiger charge is 2.49. The molecule has 2 aromatic heterocycles. The van der Waals surface area contributed by atoms with Crippen LogP contribution in [0, 0.1) is 17.3 Å². The van der Waals surface area contributed by atoms with E-state index < -0.39 is 71.2 Å². The van der Waals surface area contributed by atoms with Gasteiger partial charge in [0.1, 0.15) is 18.1 Å². The Kier molecular flexibility index (Phi) is 14.8. The Morgan fingerprint density at radius 3 is 2.53 bits per heavy atom. The first-order chi connectivity index (χ1) is 32.3. The quantitative estimate of drug-likeness (QED) is 0.129. The average Bonchev–Trinajstić information content (AvgIpc) is 3.94. The van der Waals surface area contributed by atoms with Crippen LogP contribution in [0.25, 0.3) is 33.3 Å². The van der Waals surface area contributed by atoms with E-state index >= 15 is 0 Å². The number of likely N-dealkylation sites (N-methyl/N-ethyl adjacent to an activating group) is 1. The molecule has 2 aromatic carbocycles. The molecule has 3 aliphatic heterocycles. The van der Waals surface area contributed by atoms with E-state index in [9.17, 15) is 37.1 Å². The summed E-state index contributed by atoms with van der Waals surface area (Å²) in [7, 11) is 2.79. The fourth-order valence-corrected chi connectivity index (χ4v) is 9.88. The van der Waals surface area contributed by atoms with Gasteiger partial charge in [-0.3, -0.25) is 34.0 Å². The lowest BCUT2D eigenvalue weighted by atomic mass is 9.84. The van der Waals surface area contributed by atoms with E-state index in [0.29, 0.717) is 31.4 Å². The van der Waals surface area contributed by atoms with Crippen LogP contribution in [0.3, 0.4) is 0 Å². The molecule has 6 atom stereocenters. The summed E-state index contributed by atoms with van der Waals surface area (Å²) in [4.78, 5) is 76.1. The predicted octanol–water partition coefficient (Wildman–Crippen LogP) is 6.81. The number of hydrogen-bond donors (Lipinski definition) is 2. The number of methoxy groups -OCH3 is 1. The van der Waals surface area contributed by atoms with Crippen LogP contribution in [0.5, 0.6) is 0 Å². The fraction of sp³-hybridized carbons (Fsp3) is 0.490. The summed E-state index contributed by atoms with van der Waals surface area (Å²) in [6, 6.07) is 13.2. The normalized spacial score (nSPS) is 21.4. The molecule has 2 fully saturated rings. The van der Waals surface area contributed by atoms with Crippen molar-refractivity contribution in [2.24, 2.45) is 17.3 Å². The molecule has 4 aromatic rings. The van der Waals surface area contributed by atoms with E-state index in [1.165, 1.54) is 9.91 Å². The maximum atomic E-state index is 14.7. The van der Waals surface area contributed by atoms with E-state index in [4.69, 9.17) is 14.5 Å². The summed E-state index contributed by atoms with van der Waals surface area (Å²) >= 11 is 0. The number of likely N-dealkylation sites (tertiary alicyclic amines) is 1. The second-order valence-electron chi connectivity index (χ2n) is 19.0. The molecule has 2 saturated heterocycles. The molecule has 4 amide bonds. The minimum atomic E-state index is -4.91. The Labute approximate surface area is 395 Å². The largest absolute Gasteiger partial charge is 0.464 e. The molecular formula is C51H62F3N7O7. The van der Waals surface area contributed by atoms with Gasteiger partial charge >= 0.3 is 12.1 Å². The number of carbonyl (C=O) groups is 5. The number of aryl methyl sites for hydroxylation is 1. The van der Waals surface area contributed by atoms with Crippen LogP contribution in [-0.2, 0) is 52.8 Å². The monoisotopic (exact) mass is 941 g/mol. The van der Waals surface area contributed by atoms with Gasteiger partial charge in [0.15, 0.2) is 0 Å². The Morgan fingerprint density at radius 2 is 1.82 bits per heavy atom. The van der Waals surface area contributed by atoms with Crippen molar-refractivity contribution in [3.63, 3.8) is 0 Å². The number of benzene rings is 2. The van der Waals surface area contributed by atoms with Crippen molar-refractivity contribution in [3.05, 3.63) is 90.3 Å². The third-order valence-corrected chi connectivity index (χ3v) is 13.7. The number of hydrogen-bond acceptors (Lipinski definition) is 9. The highest BCUT2D eigenvalue weighted by atomic mass is 19.4. The molecule has 6 bridgehead atoms.